The molecule has 0 spiro atoms. The first-order chi connectivity index (χ1) is 41.0. The van der Waals surface area contributed by atoms with E-state index in [-0.39, 0.29) is 36.8 Å². The molecule has 89 heavy (non-hydrogen) atoms. The fourth-order valence-corrected chi connectivity index (χ4v) is 12.6. The number of carboxylic acid groups (broad SMARTS) is 1. The Balaban J connectivity index is 1.46. The fourth-order valence-electron chi connectivity index (χ4n) is 10.7. The van der Waals surface area contributed by atoms with Crippen molar-refractivity contribution in [2.24, 2.45) is 0 Å². The molecule has 0 bridgehead atoms. The topological polar surface area (TPSA) is 319 Å². The molecule has 0 radical (unpaired) electrons. The zero-order valence-corrected chi connectivity index (χ0v) is 56.7. The molecule has 492 valence electrons. The number of likely N-dealkylation sites (N-methyl/N-ethyl adjacent to an activating group) is 1. The highest BCUT2D eigenvalue weighted by Crippen LogP contribution is 2.45. The molecule has 5 amide bonds. The number of carboxylic acids is 1. The first kappa shape index (κ1) is 72.8. The van der Waals surface area contributed by atoms with E-state index >= 15 is 9.59 Å². The van der Waals surface area contributed by atoms with Crippen molar-refractivity contribution in [3.05, 3.63) is 81.9 Å². The van der Waals surface area contributed by atoms with Crippen LogP contribution in [-0.2, 0) is 64.2 Å². The second-order valence-electron chi connectivity index (χ2n) is 26.9. The lowest BCUT2D eigenvalue weighted by atomic mass is 9.94. The van der Waals surface area contributed by atoms with Crippen molar-refractivity contribution in [1.82, 2.24) is 36.2 Å². The molecule has 6 atom stereocenters. The Morgan fingerprint density at radius 2 is 1.35 bits per heavy atom. The highest BCUT2D eigenvalue weighted by molar-refractivity contribution is 8.00. The summed E-state index contributed by atoms with van der Waals surface area (Å²) < 4.78 is 59.0. The smallest absolute Gasteiger partial charge is 0.407 e. The van der Waals surface area contributed by atoms with Crippen LogP contribution in [0.5, 0.6) is 5.75 Å². The van der Waals surface area contributed by atoms with E-state index in [2.05, 4.69) is 31.3 Å². The Kier molecular flexibility index (Phi) is 23.6. The molecule has 1 unspecified atom stereocenters. The lowest BCUT2D eigenvalue weighted by Crippen LogP contribution is -2.62. The number of amides is 5. The Labute approximate surface area is 528 Å². The first-order valence-corrected chi connectivity index (χ1v) is 32.5. The molecule has 0 fully saturated rings. The van der Waals surface area contributed by atoms with Crippen LogP contribution in [0.25, 0.3) is 11.1 Å². The van der Waals surface area contributed by atoms with Gasteiger partial charge in [0.05, 0.1) is 35.2 Å². The molecule has 2 aliphatic rings. The summed E-state index contributed by atoms with van der Waals surface area (Å²) in [5.41, 5.74) is 2.99. The number of hydrogen-bond acceptors (Lipinski definition) is 16. The molecule has 0 saturated heterocycles. The van der Waals surface area contributed by atoms with Gasteiger partial charge in [0, 0.05) is 36.2 Å². The number of nitrogens with one attached hydrogen (secondary N) is 7. The van der Waals surface area contributed by atoms with Gasteiger partial charge in [-0.3, -0.25) is 29.4 Å². The van der Waals surface area contributed by atoms with Gasteiger partial charge >= 0.3 is 18.0 Å². The number of carbonyl (C=O) groups excluding carboxylic acids is 6. The van der Waals surface area contributed by atoms with E-state index < -0.39 is 134 Å². The summed E-state index contributed by atoms with van der Waals surface area (Å²) in [6.07, 6.45) is -0.764. The van der Waals surface area contributed by atoms with Gasteiger partial charge in [-0.1, -0.05) is 48.5 Å². The molecule has 1 heterocycles. The second-order valence-corrected chi connectivity index (χ2v) is 30.0. The Hall–Kier alpha value is -6.96. The molecule has 3 aromatic carbocycles. The van der Waals surface area contributed by atoms with E-state index in [0.717, 1.165) is 32.7 Å². The van der Waals surface area contributed by atoms with Crippen molar-refractivity contribution < 1.29 is 70.8 Å². The van der Waals surface area contributed by atoms with Crippen LogP contribution < -0.4 is 36.0 Å². The zero-order chi connectivity index (χ0) is 67.1. The van der Waals surface area contributed by atoms with Crippen LogP contribution in [-0.4, -0.2) is 163 Å². The van der Waals surface area contributed by atoms with Gasteiger partial charge in [-0.15, -0.1) is 0 Å². The number of hydrogen-bond donors (Lipinski definition) is 8. The number of ether oxygens (including phenoxy) is 5. The Morgan fingerprint density at radius 1 is 0.787 bits per heavy atom. The van der Waals surface area contributed by atoms with Crippen LogP contribution in [0.15, 0.2) is 53.4 Å². The van der Waals surface area contributed by atoms with E-state index in [9.17, 15) is 37.5 Å². The lowest BCUT2D eigenvalue weighted by Gasteiger charge is -2.37. The monoisotopic (exact) mass is 1280 g/mol. The third kappa shape index (κ3) is 19.5. The van der Waals surface area contributed by atoms with Gasteiger partial charge in [0.2, 0.25) is 29.6 Å². The number of fused-ring (bicyclic) bond motifs is 4. The van der Waals surface area contributed by atoms with Crippen molar-refractivity contribution in [3.8, 4) is 16.9 Å². The molecule has 23 nitrogen and oxygen atoms in total. The van der Waals surface area contributed by atoms with E-state index in [1.807, 2.05) is 62.4 Å². The number of sulfonamides is 1. The molecule has 25 heteroatoms. The third-order valence-corrected chi connectivity index (χ3v) is 18.2. The number of nitrogens with zero attached hydrogens (tertiary/aromatic N) is 1. The summed E-state index contributed by atoms with van der Waals surface area (Å²) in [5, 5.41) is 32.1. The van der Waals surface area contributed by atoms with Crippen molar-refractivity contribution in [2.75, 3.05) is 33.1 Å². The number of thioether (sulfide) groups is 1. The van der Waals surface area contributed by atoms with E-state index in [4.69, 9.17) is 29.1 Å². The predicted molar refractivity (Wildman–Crippen MR) is 340 cm³/mol. The van der Waals surface area contributed by atoms with Gasteiger partial charge in [-0.2, -0.15) is 11.8 Å². The van der Waals surface area contributed by atoms with Crippen molar-refractivity contribution >= 4 is 69.4 Å². The number of carbonyl (C=O) groups is 7. The maximum Gasteiger partial charge on any atom is 0.407 e. The van der Waals surface area contributed by atoms with Crippen molar-refractivity contribution in [1.29, 1.82) is 5.41 Å². The maximum atomic E-state index is 15.2. The van der Waals surface area contributed by atoms with Crippen LogP contribution in [0.3, 0.4) is 0 Å². The van der Waals surface area contributed by atoms with Crippen LogP contribution in [0.4, 0.5) is 4.79 Å². The summed E-state index contributed by atoms with van der Waals surface area (Å²) in [4.78, 5) is 100. The average molecular weight is 1280 g/mol. The largest absolute Gasteiger partial charge is 0.487 e. The van der Waals surface area contributed by atoms with Gasteiger partial charge in [-0.25, -0.2) is 22.7 Å². The summed E-state index contributed by atoms with van der Waals surface area (Å²) in [6.45, 7) is 28.1. The predicted octanol–water partition coefficient (Wildman–Crippen LogP) is 7.07. The average Bonchev–Trinajstić information content (AvgIpc) is 1.71. The van der Waals surface area contributed by atoms with Crippen molar-refractivity contribution in [3.63, 3.8) is 0 Å². The molecule has 1 aliphatic heterocycles. The Bertz CT molecular complexity index is 3210. The number of guanidine groups is 1. The van der Waals surface area contributed by atoms with Crippen LogP contribution in [0, 0.1) is 26.2 Å². The number of benzene rings is 3. The summed E-state index contributed by atoms with van der Waals surface area (Å²) >= 11 is 1.26. The quantitative estimate of drug-likeness (QED) is 0.0172. The number of rotatable bonds is 26. The zero-order valence-electron chi connectivity index (χ0n) is 55.0. The molecule has 3 aromatic rings. The van der Waals surface area contributed by atoms with Crippen LogP contribution in [0.2, 0.25) is 0 Å². The van der Waals surface area contributed by atoms with E-state index in [1.165, 1.54) is 25.7 Å². The number of esters is 1. The van der Waals surface area contributed by atoms with Crippen LogP contribution >= 0.6 is 11.8 Å². The van der Waals surface area contributed by atoms with E-state index in [1.54, 1.807) is 103 Å². The van der Waals surface area contributed by atoms with E-state index in [0.29, 0.717) is 28.9 Å². The Morgan fingerprint density at radius 3 is 1.89 bits per heavy atom. The number of alkyl carbamates (subject to hydrolysis) is 1. The first-order valence-electron chi connectivity index (χ1n) is 29.8. The molecular weight excluding hydrogens is 1180 g/mol. The summed E-state index contributed by atoms with van der Waals surface area (Å²) in [7, 11) is -2.99. The molecule has 0 aromatic heterocycles. The molecule has 5 rings (SSSR count). The SMILES string of the molecule is CSC(C)(C)[C@H](NC(=O)OCC1c2ccccc2-c2ccccc21)C(=O)N(C)[C@@H](CCCNC(=N)NS(=O)(=O)c1c(C)c(C)c2c(c1C)CC(C)(C)O2)C(=O)N[C@@H](COC(C)(C)C)C(=O)N[C@@H](CC(=O)OC(C)(C)C)C(=O)N[C@H](C(=O)O)C(C)OC(C)(C)C. The highest BCUT2D eigenvalue weighted by atomic mass is 32.2. The van der Waals surface area contributed by atoms with Crippen LogP contribution in [0.1, 0.15) is 155 Å². The minimum absolute atomic E-state index is 0.00573. The highest BCUT2D eigenvalue weighted by Gasteiger charge is 2.44. The minimum atomic E-state index is -4.34. The summed E-state index contributed by atoms with van der Waals surface area (Å²) in [6, 6.07) is 7.72. The standard InChI is InChI=1S/C64H94N8O15S2/c1-35-36(2)51(37(3)43-32-63(14,15)87-50(35)43)89(81,82)71-58(65)66-30-24-29-47(72(18)56(77)52(64(16,17)88-19)70-59(80)83-33-44-41-27-22-20-25-39(41)40-26-21-23-28-42(40)44)55(76)68-46(34-84-60(5,6)7)54(75)67-45(31-48(73)86-62(11,12)13)53(74)69-49(57(78)79)38(4)85-61(8,9)10/h20-23,25-28,38,44-47,49,52H,24,29-34H2,1-19H3,(H,67,75)(H,68,76)(H,69,74)(H,70,80)(H,78,79)(H3,65,66,71)/t38?,45-,46-,47-,49-,52+/m0/s1. The number of aliphatic carboxylic acids is 1. The molecule has 8 N–H and O–H groups in total. The molecule has 0 saturated carbocycles. The normalized spacial score (nSPS) is 15.9. The molecular formula is C64H94N8O15S2. The maximum absolute atomic E-state index is 15.2. The third-order valence-electron chi connectivity index (χ3n) is 15.3. The van der Waals surface area contributed by atoms with Gasteiger partial charge in [0.25, 0.3) is 10.0 Å². The van der Waals surface area contributed by atoms with Gasteiger partial charge in [0.1, 0.15) is 47.7 Å². The van der Waals surface area contributed by atoms with Gasteiger partial charge in [-0.05, 0) is 176 Å². The van der Waals surface area contributed by atoms with Crippen molar-refractivity contribution in [2.45, 2.75) is 218 Å². The summed E-state index contributed by atoms with van der Waals surface area (Å²) in [5.74, 6) is -6.45. The minimum Gasteiger partial charge on any atom is -0.487 e. The van der Waals surface area contributed by atoms with Gasteiger partial charge < -0.3 is 60.3 Å². The van der Waals surface area contributed by atoms with Gasteiger partial charge in [0.15, 0.2) is 6.04 Å². The fraction of sp³-hybridized carbons (Fsp3) is 0.594. The lowest BCUT2D eigenvalue weighted by molar-refractivity contribution is -0.157. The molecule has 1 aliphatic carbocycles. The second kappa shape index (κ2) is 28.9.